The number of halogens is 3. The fourth-order valence-electron chi connectivity index (χ4n) is 2.62. The summed E-state index contributed by atoms with van der Waals surface area (Å²) < 4.78 is 38.4. The van der Waals surface area contributed by atoms with E-state index in [4.69, 9.17) is 0 Å². The molecule has 1 aromatic carbocycles. The van der Waals surface area contributed by atoms with Crippen LogP contribution in [0.5, 0.6) is 0 Å². The van der Waals surface area contributed by atoms with Crippen LogP contribution in [0.25, 0.3) is 0 Å². The molecule has 5 nitrogen and oxygen atoms in total. The van der Waals surface area contributed by atoms with E-state index in [0.717, 1.165) is 17.3 Å². The number of nitrogens with one attached hydrogen (secondary N) is 1. The van der Waals surface area contributed by atoms with Gasteiger partial charge in [-0.3, -0.25) is 14.9 Å². The lowest BCUT2D eigenvalue weighted by Gasteiger charge is -2.22. The molecule has 0 fully saturated rings. The fourth-order valence-corrected chi connectivity index (χ4v) is 2.62. The van der Waals surface area contributed by atoms with Gasteiger partial charge in [0.25, 0.3) is 5.91 Å². The number of nitrogens with zero attached hydrogens (tertiary/aromatic N) is 3. The summed E-state index contributed by atoms with van der Waals surface area (Å²) in [4.78, 5) is 18.6. The van der Waals surface area contributed by atoms with Crippen LogP contribution in [-0.2, 0) is 19.3 Å². The maximum Gasteiger partial charge on any atom is 0.432 e. The Hall–Kier alpha value is -3.16. The fraction of sp³-hybridized carbons (Fsp3) is 0.211. The second-order valence-corrected chi connectivity index (χ2v) is 6.08. The Balaban J connectivity index is 1.88. The summed E-state index contributed by atoms with van der Waals surface area (Å²) in [6.07, 6.45) is -4.59. The molecule has 2 heterocycles. The van der Waals surface area contributed by atoms with E-state index in [-0.39, 0.29) is 18.8 Å². The van der Waals surface area contributed by atoms with Crippen molar-refractivity contribution in [2.24, 2.45) is 0 Å². The quantitative estimate of drug-likeness (QED) is 0.735. The van der Waals surface area contributed by atoms with Gasteiger partial charge in [0, 0.05) is 18.3 Å². The second-order valence-electron chi connectivity index (χ2n) is 6.08. The lowest BCUT2D eigenvalue weighted by Crippen LogP contribution is -2.30. The Morgan fingerprint density at radius 2 is 1.81 bits per heavy atom. The van der Waals surface area contributed by atoms with Gasteiger partial charge >= 0.3 is 6.18 Å². The van der Waals surface area contributed by atoms with Gasteiger partial charge in [-0.15, -0.1) is 0 Å². The molecule has 0 bridgehead atoms. The molecule has 3 rings (SSSR count). The van der Waals surface area contributed by atoms with E-state index in [1.165, 1.54) is 4.90 Å². The molecule has 1 amide bonds. The van der Waals surface area contributed by atoms with Crippen LogP contribution in [0, 0.1) is 6.92 Å². The highest BCUT2D eigenvalue weighted by molar-refractivity contribution is 5.92. The zero-order chi connectivity index (χ0) is 19.4. The summed E-state index contributed by atoms with van der Waals surface area (Å²) in [6.45, 7) is 2.21. The van der Waals surface area contributed by atoms with Crippen molar-refractivity contribution >= 4 is 5.91 Å². The molecular formula is C19H17F3N4O. The number of hydrogen-bond donors (Lipinski definition) is 1. The molecule has 0 saturated heterocycles. The number of benzene rings is 1. The third kappa shape index (κ3) is 4.72. The van der Waals surface area contributed by atoms with Gasteiger partial charge in [-0.25, -0.2) is 0 Å². The Labute approximate surface area is 153 Å². The van der Waals surface area contributed by atoms with Gasteiger partial charge in [-0.05, 0) is 24.6 Å². The van der Waals surface area contributed by atoms with Gasteiger partial charge in [-0.2, -0.15) is 18.3 Å². The van der Waals surface area contributed by atoms with E-state index in [2.05, 4.69) is 10.1 Å². The zero-order valence-corrected chi connectivity index (χ0v) is 14.5. The molecule has 0 aliphatic heterocycles. The molecule has 140 valence electrons. The average molecular weight is 374 g/mol. The molecule has 27 heavy (non-hydrogen) atoms. The summed E-state index contributed by atoms with van der Waals surface area (Å²) in [7, 11) is 0. The monoisotopic (exact) mass is 374 g/mol. The first-order chi connectivity index (χ1) is 12.8. The standard InChI is InChI=1S/C19H17F3N4O/c1-13-6-5-9-15(23-13)12-26(11-14-7-3-2-4-8-14)18(27)16-10-17(25-24-16)19(20,21)22/h2-10H,11-12H2,1H3,(H,24,25). The number of aromatic nitrogens is 3. The van der Waals surface area contributed by atoms with Crippen molar-refractivity contribution in [1.82, 2.24) is 20.1 Å². The predicted octanol–water partition coefficient (Wildman–Crippen LogP) is 3.97. The van der Waals surface area contributed by atoms with Crippen molar-refractivity contribution in [3.8, 4) is 0 Å². The van der Waals surface area contributed by atoms with Crippen LogP contribution in [0.1, 0.15) is 33.1 Å². The summed E-state index contributed by atoms with van der Waals surface area (Å²) in [5.74, 6) is -0.603. The minimum Gasteiger partial charge on any atom is -0.327 e. The van der Waals surface area contributed by atoms with Crippen molar-refractivity contribution in [2.75, 3.05) is 0 Å². The number of H-pyrrole nitrogens is 1. The van der Waals surface area contributed by atoms with E-state index < -0.39 is 17.8 Å². The molecule has 0 radical (unpaired) electrons. The summed E-state index contributed by atoms with van der Waals surface area (Å²) in [5.41, 5.74) is 0.944. The van der Waals surface area contributed by atoms with Gasteiger partial charge in [-0.1, -0.05) is 36.4 Å². The number of amides is 1. The minimum absolute atomic E-state index is 0.156. The average Bonchev–Trinajstić information content (AvgIpc) is 3.12. The normalized spacial score (nSPS) is 11.4. The first kappa shape index (κ1) is 18.6. The molecule has 2 aromatic heterocycles. The maximum atomic E-state index is 12.8. The molecule has 0 aliphatic rings. The molecule has 0 saturated carbocycles. The largest absolute Gasteiger partial charge is 0.432 e. The third-order valence-electron chi connectivity index (χ3n) is 3.90. The Bertz CT molecular complexity index is 922. The minimum atomic E-state index is -4.59. The van der Waals surface area contributed by atoms with Crippen molar-refractivity contribution in [1.29, 1.82) is 0 Å². The van der Waals surface area contributed by atoms with Crippen LogP contribution in [0.3, 0.4) is 0 Å². The predicted molar refractivity (Wildman–Crippen MR) is 92.6 cm³/mol. The first-order valence-corrected chi connectivity index (χ1v) is 8.21. The maximum absolute atomic E-state index is 12.8. The number of hydrogen-bond acceptors (Lipinski definition) is 3. The first-order valence-electron chi connectivity index (χ1n) is 8.21. The van der Waals surface area contributed by atoms with E-state index in [9.17, 15) is 18.0 Å². The molecular weight excluding hydrogens is 357 g/mol. The van der Waals surface area contributed by atoms with E-state index in [1.807, 2.05) is 54.5 Å². The third-order valence-corrected chi connectivity index (χ3v) is 3.90. The molecule has 0 aliphatic carbocycles. The number of carbonyl (C=O) groups excluding carboxylic acids is 1. The molecule has 3 aromatic rings. The smallest absolute Gasteiger partial charge is 0.327 e. The van der Waals surface area contributed by atoms with Crippen molar-refractivity contribution in [2.45, 2.75) is 26.2 Å². The van der Waals surface area contributed by atoms with Gasteiger partial charge < -0.3 is 4.90 Å². The number of rotatable bonds is 5. The van der Waals surface area contributed by atoms with Gasteiger partial charge in [0.1, 0.15) is 5.69 Å². The summed E-state index contributed by atoms with van der Waals surface area (Å²) in [6, 6.07) is 15.3. The number of aromatic amines is 1. The molecule has 1 N–H and O–H groups in total. The molecule has 0 atom stereocenters. The highest BCUT2D eigenvalue weighted by Gasteiger charge is 2.34. The van der Waals surface area contributed by atoms with Gasteiger partial charge in [0.15, 0.2) is 5.69 Å². The highest BCUT2D eigenvalue weighted by Crippen LogP contribution is 2.28. The molecule has 8 heteroatoms. The van der Waals surface area contributed by atoms with Crippen LogP contribution in [0.4, 0.5) is 13.2 Å². The second kappa shape index (κ2) is 7.61. The van der Waals surface area contributed by atoms with E-state index in [1.54, 1.807) is 6.07 Å². The summed E-state index contributed by atoms with van der Waals surface area (Å²) in [5, 5.41) is 5.43. The van der Waals surface area contributed by atoms with Crippen LogP contribution < -0.4 is 0 Å². The Morgan fingerprint density at radius 1 is 1.07 bits per heavy atom. The summed E-state index contributed by atoms with van der Waals surface area (Å²) >= 11 is 0. The zero-order valence-electron chi connectivity index (χ0n) is 14.5. The number of carbonyl (C=O) groups is 1. The van der Waals surface area contributed by atoms with Crippen LogP contribution in [-0.4, -0.2) is 26.0 Å². The van der Waals surface area contributed by atoms with Gasteiger partial charge in [0.05, 0.1) is 12.2 Å². The number of alkyl halides is 3. The lowest BCUT2D eigenvalue weighted by molar-refractivity contribution is -0.141. The highest BCUT2D eigenvalue weighted by atomic mass is 19.4. The number of aryl methyl sites for hydroxylation is 1. The van der Waals surface area contributed by atoms with Crippen molar-refractivity contribution in [3.63, 3.8) is 0 Å². The SMILES string of the molecule is Cc1cccc(CN(Cc2ccccc2)C(=O)c2cc(C(F)(F)F)[nH]n2)n1. The molecule has 0 spiro atoms. The van der Waals surface area contributed by atoms with Crippen molar-refractivity contribution in [3.05, 3.63) is 82.9 Å². The number of pyridine rings is 1. The van der Waals surface area contributed by atoms with E-state index in [0.29, 0.717) is 5.69 Å². The lowest BCUT2D eigenvalue weighted by atomic mass is 10.2. The van der Waals surface area contributed by atoms with Crippen LogP contribution in [0.2, 0.25) is 0 Å². The Morgan fingerprint density at radius 3 is 2.44 bits per heavy atom. The Kier molecular flexibility index (Phi) is 5.25. The van der Waals surface area contributed by atoms with Gasteiger partial charge in [0.2, 0.25) is 0 Å². The molecule has 0 unspecified atom stereocenters. The van der Waals surface area contributed by atoms with Crippen LogP contribution >= 0.6 is 0 Å². The van der Waals surface area contributed by atoms with Crippen LogP contribution in [0.15, 0.2) is 54.6 Å². The topological polar surface area (TPSA) is 61.9 Å². The van der Waals surface area contributed by atoms with Crippen molar-refractivity contribution < 1.29 is 18.0 Å². The van der Waals surface area contributed by atoms with E-state index >= 15 is 0 Å².